The molecule has 2 N–H and O–H groups in total. The monoisotopic (exact) mass is 294 g/mol. The van der Waals surface area contributed by atoms with Gasteiger partial charge in [0.2, 0.25) is 0 Å². The molecule has 1 saturated heterocycles. The number of likely N-dealkylation sites (tertiary alicyclic amines) is 1. The highest BCUT2D eigenvalue weighted by Gasteiger charge is 2.37. The number of rotatable bonds is 6. The summed E-state index contributed by atoms with van der Waals surface area (Å²) in [5, 5.41) is 0. The second kappa shape index (κ2) is 7.00. The molecule has 1 aromatic rings. The lowest BCUT2D eigenvalue weighted by Gasteiger charge is -2.30. The molecule has 21 heavy (non-hydrogen) atoms. The van der Waals surface area contributed by atoms with Crippen molar-refractivity contribution in [1.82, 2.24) is 4.90 Å². The molecule has 0 aromatic heterocycles. The van der Waals surface area contributed by atoms with Crippen LogP contribution < -0.4 is 19.9 Å². The zero-order chi connectivity index (χ0) is 15.4. The maximum atomic E-state index is 5.98. The summed E-state index contributed by atoms with van der Waals surface area (Å²) in [6.07, 6.45) is 1.10. The predicted octanol–water partition coefficient (Wildman–Crippen LogP) is 2.05. The lowest BCUT2D eigenvalue weighted by molar-refractivity contribution is 0.228. The number of hydrogen-bond acceptors (Lipinski definition) is 5. The Hall–Kier alpha value is -1.46. The van der Waals surface area contributed by atoms with Gasteiger partial charge in [-0.2, -0.15) is 0 Å². The van der Waals surface area contributed by atoms with E-state index < -0.39 is 0 Å². The molecule has 118 valence electrons. The molecular weight excluding hydrogens is 268 g/mol. The Bertz CT molecular complexity index is 442. The highest BCUT2D eigenvalue weighted by Crippen LogP contribution is 2.46. The largest absolute Gasteiger partial charge is 0.496 e. The average molecular weight is 294 g/mol. The molecule has 1 aromatic carbocycles. The highest BCUT2D eigenvalue weighted by molar-refractivity contribution is 5.53. The lowest BCUT2D eigenvalue weighted by Crippen LogP contribution is -2.28. The quantitative estimate of drug-likeness (QED) is 0.870. The minimum atomic E-state index is 0.232. The first kappa shape index (κ1) is 15.9. The fourth-order valence-corrected chi connectivity index (χ4v) is 3.27. The van der Waals surface area contributed by atoms with Gasteiger partial charge in [0, 0.05) is 18.2 Å². The summed E-state index contributed by atoms with van der Waals surface area (Å²) in [6, 6.07) is 4.06. The molecule has 2 unspecified atom stereocenters. The summed E-state index contributed by atoms with van der Waals surface area (Å²) in [5.41, 5.74) is 7.06. The number of methoxy groups -OCH3 is 3. The second-order valence-corrected chi connectivity index (χ2v) is 5.30. The van der Waals surface area contributed by atoms with Gasteiger partial charge in [-0.1, -0.05) is 6.92 Å². The topological polar surface area (TPSA) is 57.0 Å². The first-order valence-electron chi connectivity index (χ1n) is 7.44. The van der Waals surface area contributed by atoms with E-state index in [9.17, 15) is 0 Å². The van der Waals surface area contributed by atoms with Gasteiger partial charge >= 0.3 is 0 Å². The maximum Gasteiger partial charge on any atom is 0.131 e. The van der Waals surface area contributed by atoms with Crippen molar-refractivity contribution in [3.63, 3.8) is 0 Å². The van der Waals surface area contributed by atoms with E-state index in [0.717, 1.165) is 42.3 Å². The van der Waals surface area contributed by atoms with Crippen LogP contribution in [0, 0.1) is 5.92 Å². The molecule has 1 aliphatic rings. The van der Waals surface area contributed by atoms with Crippen molar-refractivity contribution in [3.05, 3.63) is 17.7 Å². The molecule has 5 heteroatoms. The number of ether oxygens (including phenoxy) is 3. The summed E-state index contributed by atoms with van der Waals surface area (Å²) in [6.45, 7) is 4.88. The lowest BCUT2D eigenvalue weighted by atomic mass is 9.92. The van der Waals surface area contributed by atoms with Crippen LogP contribution in [0.3, 0.4) is 0 Å². The van der Waals surface area contributed by atoms with Crippen LogP contribution in [0.25, 0.3) is 0 Å². The van der Waals surface area contributed by atoms with Gasteiger partial charge < -0.3 is 19.9 Å². The molecule has 0 saturated carbocycles. The smallest absolute Gasteiger partial charge is 0.131 e. The van der Waals surface area contributed by atoms with E-state index >= 15 is 0 Å². The van der Waals surface area contributed by atoms with Crippen molar-refractivity contribution >= 4 is 0 Å². The third kappa shape index (κ3) is 2.94. The predicted molar refractivity (Wildman–Crippen MR) is 83.2 cm³/mol. The van der Waals surface area contributed by atoms with Crippen LogP contribution in [0.15, 0.2) is 12.1 Å². The molecule has 2 atom stereocenters. The maximum absolute atomic E-state index is 5.98. The van der Waals surface area contributed by atoms with Crippen LogP contribution in [0.5, 0.6) is 17.2 Å². The van der Waals surface area contributed by atoms with Gasteiger partial charge in [0.05, 0.1) is 26.9 Å². The summed E-state index contributed by atoms with van der Waals surface area (Å²) < 4.78 is 16.5. The zero-order valence-corrected chi connectivity index (χ0v) is 13.4. The fourth-order valence-electron chi connectivity index (χ4n) is 3.27. The van der Waals surface area contributed by atoms with Crippen LogP contribution in [0.1, 0.15) is 24.9 Å². The van der Waals surface area contributed by atoms with Crippen LogP contribution in [-0.2, 0) is 0 Å². The molecule has 2 rings (SSSR count). The van der Waals surface area contributed by atoms with Crippen LogP contribution in [0.2, 0.25) is 0 Å². The van der Waals surface area contributed by atoms with Gasteiger partial charge in [0.1, 0.15) is 17.2 Å². The first-order valence-corrected chi connectivity index (χ1v) is 7.44. The normalized spacial score (nSPS) is 22.3. The first-order chi connectivity index (χ1) is 10.2. The Morgan fingerprint density at radius 1 is 1.14 bits per heavy atom. The van der Waals surface area contributed by atoms with Crippen molar-refractivity contribution in [2.45, 2.75) is 19.4 Å². The van der Waals surface area contributed by atoms with Crippen molar-refractivity contribution < 1.29 is 14.2 Å². The Kier molecular flexibility index (Phi) is 5.31. The van der Waals surface area contributed by atoms with E-state index in [1.54, 1.807) is 21.3 Å². The minimum absolute atomic E-state index is 0.232. The third-order valence-electron chi connectivity index (χ3n) is 4.38. The summed E-state index contributed by atoms with van der Waals surface area (Å²) in [7, 11) is 5.01. The summed E-state index contributed by atoms with van der Waals surface area (Å²) in [4.78, 5) is 2.43. The van der Waals surface area contributed by atoms with Crippen LogP contribution in [0.4, 0.5) is 0 Å². The Labute approximate surface area is 127 Å². The Balaban J connectivity index is 2.54. The van der Waals surface area contributed by atoms with E-state index in [1.807, 2.05) is 12.1 Å². The van der Waals surface area contributed by atoms with Crippen molar-refractivity contribution in [3.8, 4) is 17.2 Å². The van der Waals surface area contributed by atoms with E-state index in [1.165, 1.54) is 0 Å². The summed E-state index contributed by atoms with van der Waals surface area (Å²) in [5.74, 6) is 2.75. The molecule has 5 nitrogen and oxygen atoms in total. The van der Waals surface area contributed by atoms with Gasteiger partial charge in [-0.3, -0.25) is 4.90 Å². The second-order valence-electron chi connectivity index (χ2n) is 5.30. The van der Waals surface area contributed by atoms with Crippen molar-refractivity contribution in [2.75, 3.05) is 41.0 Å². The SMILES string of the molecule is CCN1CCC(CN)C1c1c(OC)cc(OC)cc1OC. The minimum Gasteiger partial charge on any atom is -0.496 e. The summed E-state index contributed by atoms with van der Waals surface area (Å²) >= 11 is 0. The van der Waals surface area contributed by atoms with Gasteiger partial charge in [0.15, 0.2) is 0 Å². The molecule has 1 heterocycles. The molecule has 1 fully saturated rings. The highest BCUT2D eigenvalue weighted by atomic mass is 16.5. The molecule has 0 radical (unpaired) electrons. The van der Waals surface area contributed by atoms with Gasteiger partial charge in [-0.25, -0.2) is 0 Å². The van der Waals surface area contributed by atoms with E-state index in [0.29, 0.717) is 12.5 Å². The third-order valence-corrected chi connectivity index (χ3v) is 4.38. The van der Waals surface area contributed by atoms with E-state index in [2.05, 4.69) is 11.8 Å². The fraction of sp³-hybridized carbons (Fsp3) is 0.625. The van der Waals surface area contributed by atoms with E-state index in [4.69, 9.17) is 19.9 Å². The molecule has 0 amide bonds. The van der Waals surface area contributed by atoms with Crippen molar-refractivity contribution in [1.29, 1.82) is 0 Å². The zero-order valence-electron chi connectivity index (χ0n) is 13.4. The number of nitrogens with zero attached hydrogens (tertiary/aromatic N) is 1. The molecule has 0 aliphatic carbocycles. The van der Waals surface area contributed by atoms with E-state index in [-0.39, 0.29) is 6.04 Å². The molecule has 0 bridgehead atoms. The van der Waals surface area contributed by atoms with Crippen molar-refractivity contribution in [2.24, 2.45) is 11.7 Å². The molecular formula is C16H26N2O3. The van der Waals surface area contributed by atoms with Gasteiger partial charge in [0.25, 0.3) is 0 Å². The number of nitrogens with two attached hydrogens (primary N) is 1. The van der Waals surface area contributed by atoms with Crippen LogP contribution in [-0.4, -0.2) is 45.9 Å². The molecule has 1 aliphatic heterocycles. The van der Waals surface area contributed by atoms with Gasteiger partial charge in [-0.05, 0) is 32.0 Å². The number of benzene rings is 1. The van der Waals surface area contributed by atoms with Gasteiger partial charge in [-0.15, -0.1) is 0 Å². The number of hydrogen-bond donors (Lipinski definition) is 1. The Morgan fingerprint density at radius 3 is 2.19 bits per heavy atom. The molecule has 0 spiro atoms. The average Bonchev–Trinajstić information content (AvgIpc) is 2.95. The standard InChI is InChI=1S/C16H26N2O3/c1-5-18-7-6-11(10-17)16(18)15-13(20-3)8-12(19-2)9-14(15)21-4/h8-9,11,16H,5-7,10,17H2,1-4H3. The van der Waals surface area contributed by atoms with Crippen LogP contribution >= 0.6 is 0 Å². The Morgan fingerprint density at radius 2 is 1.76 bits per heavy atom.